The topological polar surface area (TPSA) is 68.4 Å². The highest BCUT2D eigenvalue weighted by Gasteiger charge is 2.39. The molecule has 106 valence electrons. The van der Waals surface area contributed by atoms with Crippen LogP contribution in [0.3, 0.4) is 0 Å². The number of hydrogen-bond donors (Lipinski definition) is 2. The summed E-state index contributed by atoms with van der Waals surface area (Å²) in [5, 5.41) is 11.8. The van der Waals surface area contributed by atoms with E-state index < -0.39 is 6.10 Å². The molecule has 0 radical (unpaired) electrons. The Hall–Kier alpha value is -1.49. The molecule has 1 aromatic heterocycles. The summed E-state index contributed by atoms with van der Waals surface area (Å²) in [5.41, 5.74) is 7.24. The molecular formula is C16H20N2O2. The van der Waals surface area contributed by atoms with Crippen LogP contribution >= 0.6 is 0 Å². The van der Waals surface area contributed by atoms with E-state index in [1.807, 2.05) is 36.4 Å². The molecule has 1 saturated heterocycles. The first-order valence-electron chi connectivity index (χ1n) is 7.07. The molecule has 4 heteroatoms. The second-order valence-electron chi connectivity index (χ2n) is 5.51. The van der Waals surface area contributed by atoms with Crippen LogP contribution in [-0.4, -0.2) is 29.8 Å². The van der Waals surface area contributed by atoms with Crippen molar-refractivity contribution in [3.8, 4) is 0 Å². The normalized spacial score (nSPS) is 19.9. The molecule has 2 heterocycles. The van der Waals surface area contributed by atoms with Crippen LogP contribution in [0, 0.1) is 5.41 Å². The van der Waals surface area contributed by atoms with E-state index in [4.69, 9.17) is 10.5 Å². The van der Waals surface area contributed by atoms with Gasteiger partial charge in [-0.05, 0) is 25.0 Å². The Morgan fingerprint density at radius 2 is 1.95 bits per heavy atom. The number of aromatic nitrogens is 1. The average Bonchev–Trinajstić information content (AvgIpc) is 2.54. The minimum Gasteiger partial charge on any atom is -0.386 e. The fourth-order valence-corrected chi connectivity index (χ4v) is 2.91. The molecule has 2 aromatic rings. The monoisotopic (exact) mass is 272 g/mol. The van der Waals surface area contributed by atoms with Gasteiger partial charge in [0.25, 0.3) is 0 Å². The average molecular weight is 272 g/mol. The van der Waals surface area contributed by atoms with Gasteiger partial charge in [-0.3, -0.25) is 4.98 Å². The molecule has 3 N–H and O–H groups in total. The van der Waals surface area contributed by atoms with Crippen LogP contribution in [0.15, 0.2) is 36.4 Å². The SMILES string of the molecule is NCC1(C(O)c2ccc3ccccc3n2)CCOCC1. The highest BCUT2D eigenvalue weighted by atomic mass is 16.5. The van der Waals surface area contributed by atoms with E-state index in [0.717, 1.165) is 23.7 Å². The van der Waals surface area contributed by atoms with Crippen LogP contribution in [0.4, 0.5) is 0 Å². The zero-order valence-corrected chi connectivity index (χ0v) is 11.5. The Balaban J connectivity index is 1.96. The lowest BCUT2D eigenvalue weighted by Crippen LogP contribution is -2.42. The molecule has 4 nitrogen and oxygen atoms in total. The summed E-state index contributed by atoms with van der Waals surface area (Å²) in [6, 6.07) is 11.8. The van der Waals surface area contributed by atoms with Crippen molar-refractivity contribution in [1.29, 1.82) is 0 Å². The van der Waals surface area contributed by atoms with Crippen molar-refractivity contribution in [2.24, 2.45) is 11.1 Å². The maximum Gasteiger partial charge on any atom is 0.103 e. The largest absolute Gasteiger partial charge is 0.386 e. The fourth-order valence-electron chi connectivity index (χ4n) is 2.91. The lowest BCUT2D eigenvalue weighted by Gasteiger charge is -2.39. The maximum atomic E-state index is 10.8. The van der Waals surface area contributed by atoms with E-state index in [-0.39, 0.29) is 5.41 Å². The summed E-state index contributed by atoms with van der Waals surface area (Å²) in [7, 11) is 0. The number of para-hydroxylation sites is 1. The lowest BCUT2D eigenvalue weighted by atomic mass is 9.74. The second-order valence-corrected chi connectivity index (χ2v) is 5.51. The van der Waals surface area contributed by atoms with Gasteiger partial charge in [0.2, 0.25) is 0 Å². The number of benzene rings is 1. The molecular weight excluding hydrogens is 252 g/mol. The van der Waals surface area contributed by atoms with Crippen molar-refractivity contribution in [2.75, 3.05) is 19.8 Å². The van der Waals surface area contributed by atoms with Crippen LogP contribution in [-0.2, 0) is 4.74 Å². The van der Waals surface area contributed by atoms with Gasteiger partial charge in [0.15, 0.2) is 0 Å². The van der Waals surface area contributed by atoms with Gasteiger partial charge in [-0.1, -0.05) is 24.3 Å². The molecule has 0 aliphatic carbocycles. The molecule has 1 unspecified atom stereocenters. The summed E-state index contributed by atoms with van der Waals surface area (Å²) in [6.45, 7) is 1.76. The van der Waals surface area contributed by atoms with Crippen LogP contribution in [0.2, 0.25) is 0 Å². The highest BCUT2D eigenvalue weighted by Crippen LogP contribution is 2.41. The van der Waals surface area contributed by atoms with Gasteiger partial charge < -0.3 is 15.6 Å². The molecule has 1 fully saturated rings. The van der Waals surface area contributed by atoms with Gasteiger partial charge >= 0.3 is 0 Å². The van der Waals surface area contributed by atoms with Crippen LogP contribution < -0.4 is 5.73 Å². The summed E-state index contributed by atoms with van der Waals surface area (Å²) in [4.78, 5) is 4.60. The molecule has 0 bridgehead atoms. The predicted molar refractivity (Wildman–Crippen MR) is 78.2 cm³/mol. The Labute approximate surface area is 118 Å². The third-order valence-electron chi connectivity index (χ3n) is 4.38. The Morgan fingerprint density at radius 1 is 1.20 bits per heavy atom. The predicted octanol–water partition coefficient (Wildman–Crippen LogP) is 2.02. The summed E-state index contributed by atoms with van der Waals surface area (Å²) < 4.78 is 5.40. The van der Waals surface area contributed by atoms with E-state index >= 15 is 0 Å². The van der Waals surface area contributed by atoms with Crippen molar-refractivity contribution < 1.29 is 9.84 Å². The smallest absolute Gasteiger partial charge is 0.103 e. The number of pyridine rings is 1. The van der Waals surface area contributed by atoms with E-state index in [1.165, 1.54) is 0 Å². The third-order valence-corrected chi connectivity index (χ3v) is 4.38. The minimum absolute atomic E-state index is 0.312. The standard InChI is InChI=1S/C16H20N2O2/c17-11-16(7-9-20-10-8-16)15(19)14-6-5-12-3-1-2-4-13(12)18-14/h1-6,15,19H,7-11,17H2. The fraction of sp³-hybridized carbons (Fsp3) is 0.438. The number of rotatable bonds is 3. The molecule has 3 rings (SSSR count). The molecule has 1 aliphatic rings. The van der Waals surface area contributed by atoms with Gasteiger partial charge in [0.1, 0.15) is 6.10 Å². The number of ether oxygens (including phenoxy) is 1. The molecule has 20 heavy (non-hydrogen) atoms. The van der Waals surface area contributed by atoms with E-state index in [2.05, 4.69) is 4.98 Å². The van der Waals surface area contributed by atoms with Crippen molar-refractivity contribution in [3.63, 3.8) is 0 Å². The van der Waals surface area contributed by atoms with Gasteiger partial charge in [-0.25, -0.2) is 0 Å². The first-order chi connectivity index (χ1) is 9.75. The number of aliphatic hydroxyl groups excluding tert-OH is 1. The minimum atomic E-state index is -0.638. The van der Waals surface area contributed by atoms with Crippen molar-refractivity contribution in [1.82, 2.24) is 4.98 Å². The first-order valence-corrected chi connectivity index (χ1v) is 7.07. The highest BCUT2D eigenvalue weighted by molar-refractivity contribution is 5.78. The molecule has 0 amide bonds. The Kier molecular flexibility index (Phi) is 3.70. The van der Waals surface area contributed by atoms with Gasteiger partial charge in [0, 0.05) is 30.6 Å². The van der Waals surface area contributed by atoms with Gasteiger partial charge in [0.05, 0.1) is 11.2 Å². The second kappa shape index (κ2) is 5.48. The summed E-state index contributed by atoms with van der Waals surface area (Å²) in [6.07, 6.45) is 0.916. The Morgan fingerprint density at radius 3 is 2.70 bits per heavy atom. The number of nitrogens with zero attached hydrogens (tertiary/aromatic N) is 1. The van der Waals surface area contributed by atoms with Crippen molar-refractivity contribution in [3.05, 3.63) is 42.1 Å². The summed E-state index contributed by atoms with van der Waals surface area (Å²) in [5.74, 6) is 0. The number of fused-ring (bicyclic) bond motifs is 1. The molecule has 1 aromatic carbocycles. The van der Waals surface area contributed by atoms with Crippen LogP contribution in [0.25, 0.3) is 10.9 Å². The Bertz CT molecular complexity index is 594. The first kappa shape index (κ1) is 13.5. The van der Waals surface area contributed by atoms with Gasteiger partial charge in [-0.2, -0.15) is 0 Å². The van der Waals surface area contributed by atoms with E-state index in [9.17, 15) is 5.11 Å². The van der Waals surface area contributed by atoms with Gasteiger partial charge in [-0.15, -0.1) is 0 Å². The zero-order chi connectivity index (χ0) is 14.0. The maximum absolute atomic E-state index is 10.8. The van der Waals surface area contributed by atoms with Crippen molar-refractivity contribution >= 4 is 10.9 Å². The molecule has 1 atom stereocenters. The molecule has 0 spiro atoms. The van der Waals surface area contributed by atoms with Crippen LogP contribution in [0.1, 0.15) is 24.6 Å². The van der Waals surface area contributed by atoms with E-state index in [0.29, 0.717) is 25.5 Å². The quantitative estimate of drug-likeness (QED) is 0.897. The summed E-state index contributed by atoms with van der Waals surface area (Å²) >= 11 is 0. The number of hydrogen-bond acceptors (Lipinski definition) is 4. The third kappa shape index (κ3) is 2.30. The number of nitrogens with two attached hydrogens (primary N) is 1. The number of aliphatic hydroxyl groups is 1. The zero-order valence-electron chi connectivity index (χ0n) is 11.5. The van der Waals surface area contributed by atoms with Crippen molar-refractivity contribution in [2.45, 2.75) is 18.9 Å². The molecule has 1 aliphatic heterocycles. The van der Waals surface area contributed by atoms with Crippen LogP contribution in [0.5, 0.6) is 0 Å². The lowest BCUT2D eigenvalue weighted by molar-refractivity contribution is -0.0596. The molecule has 0 saturated carbocycles. The van der Waals surface area contributed by atoms with E-state index in [1.54, 1.807) is 0 Å².